The highest BCUT2D eigenvalue weighted by Gasteiger charge is 2.11. The maximum absolute atomic E-state index is 11.9. The van der Waals surface area contributed by atoms with Crippen LogP contribution in [0.2, 0.25) is 0 Å². The zero-order valence-electron chi connectivity index (χ0n) is 11.8. The van der Waals surface area contributed by atoms with Crippen LogP contribution < -0.4 is 11.1 Å². The second kappa shape index (κ2) is 7.33. The van der Waals surface area contributed by atoms with Crippen LogP contribution in [0.5, 0.6) is 0 Å². The molecule has 2 aromatic rings. The van der Waals surface area contributed by atoms with Gasteiger partial charge in [-0.25, -0.2) is 4.68 Å². The lowest BCUT2D eigenvalue weighted by molar-refractivity contribution is -0.116. The zero-order chi connectivity index (χ0) is 15.2. The molecule has 0 fully saturated rings. The minimum atomic E-state index is -0.155. The third-order valence-corrected chi connectivity index (χ3v) is 3.50. The van der Waals surface area contributed by atoms with Crippen molar-refractivity contribution in [3.8, 4) is 0 Å². The second-order valence-corrected chi connectivity index (χ2v) is 5.71. The van der Waals surface area contributed by atoms with Gasteiger partial charge in [0.2, 0.25) is 5.91 Å². The molecule has 0 saturated carbocycles. The summed E-state index contributed by atoms with van der Waals surface area (Å²) in [5.41, 5.74) is 7.42. The number of rotatable bonds is 6. The molecule has 1 aromatic heterocycles. The number of nitrogens with two attached hydrogens (primary N) is 1. The average molecular weight is 352 g/mol. The number of nitrogens with one attached hydrogen (secondary N) is 1. The van der Waals surface area contributed by atoms with Crippen LogP contribution in [0.1, 0.15) is 31.5 Å². The maximum atomic E-state index is 11.9. The summed E-state index contributed by atoms with van der Waals surface area (Å²) < 4.78 is 2.46. The Hall–Kier alpha value is -1.73. The average Bonchev–Trinajstić information content (AvgIpc) is 2.90. The fraction of sp³-hybridized carbons (Fsp3) is 0.357. The van der Waals surface area contributed by atoms with Gasteiger partial charge in [0.05, 0.1) is 17.9 Å². The Morgan fingerprint density at radius 2 is 2.14 bits per heavy atom. The highest BCUT2D eigenvalue weighted by atomic mass is 79.9. The molecule has 1 unspecified atom stereocenters. The van der Waals surface area contributed by atoms with Crippen LogP contribution in [0.3, 0.4) is 0 Å². The fourth-order valence-electron chi connectivity index (χ4n) is 1.90. The molecule has 0 bridgehead atoms. The molecule has 0 aliphatic heterocycles. The number of hydrogen-bond donors (Lipinski definition) is 2. The summed E-state index contributed by atoms with van der Waals surface area (Å²) in [6, 6.07) is 7.26. The molecule has 0 radical (unpaired) electrons. The lowest BCUT2D eigenvalue weighted by Gasteiger charge is -2.05. The predicted octanol–water partition coefficient (Wildman–Crippen LogP) is 2.48. The van der Waals surface area contributed by atoms with Crippen molar-refractivity contribution < 1.29 is 4.79 Å². The SMILES string of the molecule is CCCC(N)c1cn(CC(=O)Nc2ccc(Br)cc2)nn1. The first-order chi connectivity index (χ1) is 10.1. The van der Waals surface area contributed by atoms with Gasteiger partial charge in [0.25, 0.3) is 0 Å². The Bertz CT molecular complexity index is 596. The number of anilines is 1. The molecule has 112 valence electrons. The summed E-state index contributed by atoms with van der Waals surface area (Å²) in [6.45, 7) is 2.18. The molecule has 3 N–H and O–H groups in total. The van der Waals surface area contributed by atoms with Crippen molar-refractivity contribution in [2.45, 2.75) is 32.4 Å². The number of nitrogens with zero attached hydrogens (tertiary/aromatic N) is 3. The maximum Gasteiger partial charge on any atom is 0.246 e. The first kappa shape index (κ1) is 15.7. The fourth-order valence-corrected chi connectivity index (χ4v) is 2.16. The molecule has 1 heterocycles. The highest BCUT2D eigenvalue weighted by Crippen LogP contribution is 2.14. The second-order valence-electron chi connectivity index (χ2n) is 4.79. The standard InChI is InChI=1S/C14H18BrN5O/c1-2-3-12(16)13-8-20(19-18-13)9-14(21)17-11-6-4-10(15)5-7-11/h4-8,12H,2-3,9,16H2,1H3,(H,17,21). The Labute approximate surface area is 131 Å². The van der Waals surface area contributed by atoms with Gasteiger partial charge in [-0.15, -0.1) is 5.10 Å². The van der Waals surface area contributed by atoms with E-state index in [1.165, 1.54) is 4.68 Å². The number of carbonyl (C=O) groups excluding carboxylic acids is 1. The molecule has 7 heteroatoms. The van der Waals surface area contributed by atoms with Crippen LogP contribution in [0.25, 0.3) is 0 Å². The van der Waals surface area contributed by atoms with Crippen LogP contribution >= 0.6 is 15.9 Å². The Kier molecular flexibility index (Phi) is 5.46. The van der Waals surface area contributed by atoms with Crippen LogP contribution in [-0.2, 0) is 11.3 Å². The van der Waals surface area contributed by atoms with E-state index in [9.17, 15) is 4.79 Å². The van der Waals surface area contributed by atoms with E-state index in [4.69, 9.17) is 5.73 Å². The summed E-state index contributed by atoms with van der Waals surface area (Å²) in [5, 5.41) is 10.7. The van der Waals surface area contributed by atoms with Crippen LogP contribution in [0.15, 0.2) is 34.9 Å². The van der Waals surface area contributed by atoms with Gasteiger partial charge in [0.15, 0.2) is 0 Å². The first-order valence-electron chi connectivity index (χ1n) is 6.79. The van der Waals surface area contributed by atoms with E-state index in [2.05, 4.69) is 38.5 Å². The summed E-state index contributed by atoms with van der Waals surface area (Å²) >= 11 is 3.35. The zero-order valence-corrected chi connectivity index (χ0v) is 13.4. The summed E-state index contributed by atoms with van der Waals surface area (Å²) in [7, 11) is 0. The molecule has 21 heavy (non-hydrogen) atoms. The van der Waals surface area contributed by atoms with E-state index in [0.717, 1.165) is 23.0 Å². The molecule has 2 rings (SSSR count). The molecule has 0 spiro atoms. The lowest BCUT2D eigenvalue weighted by Crippen LogP contribution is -2.19. The molecule has 0 saturated heterocycles. The van der Waals surface area contributed by atoms with Crippen molar-refractivity contribution in [1.29, 1.82) is 0 Å². The Morgan fingerprint density at radius 1 is 1.43 bits per heavy atom. The predicted molar refractivity (Wildman–Crippen MR) is 84.6 cm³/mol. The first-order valence-corrected chi connectivity index (χ1v) is 7.59. The van der Waals surface area contributed by atoms with Crippen molar-refractivity contribution in [2.75, 3.05) is 5.32 Å². The third kappa shape index (κ3) is 4.64. The van der Waals surface area contributed by atoms with E-state index in [-0.39, 0.29) is 18.5 Å². The number of aromatic nitrogens is 3. The largest absolute Gasteiger partial charge is 0.324 e. The van der Waals surface area contributed by atoms with E-state index in [1.807, 2.05) is 24.3 Å². The summed E-state index contributed by atoms with van der Waals surface area (Å²) in [6.07, 6.45) is 3.56. The number of carbonyl (C=O) groups is 1. The minimum Gasteiger partial charge on any atom is -0.324 e. The van der Waals surface area contributed by atoms with Crippen LogP contribution in [-0.4, -0.2) is 20.9 Å². The summed E-state index contributed by atoms with van der Waals surface area (Å²) in [4.78, 5) is 11.9. The van der Waals surface area contributed by atoms with E-state index in [1.54, 1.807) is 6.20 Å². The number of amides is 1. The minimum absolute atomic E-state index is 0.113. The smallest absolute Gasteiger partial charge is 0.246 e. The van der Waals surface area contributed by atoms with Gasteiger partial charge in [0.1, 0.15) is 6.54 Å². The Morgan fingerprint density at radius 3 is 2.81 bits per heavy atom. The molecular weight excluding hydrogens is 334 g/mol. The van der Waals surface area contributed by atoms with Crippen molar-refractivity contribution in [2.24, 2.45) is 5.73 Å². The van der Waals surface area contributed by atoms with E-state index < -0.39 is 0 Å². The molecule has 1 aromatic carbocycles. The van der Waals surface area contributed by atoms with Crippen LogP contribution in [0.4, 0.5) is 5.69 Å². The van der Waals surface area contributed by atoms with E-state index in [0.29, 0.717) is 5.69 Å². The van der Waals surface area contributed by atoms with Crippen molar-refractivity contribution in [3.05, 3.63) is 40.6 Å². The normalized spacial score (nSPS) is 12.1. The van der Waals surface area contributed by atoms with Crippen molar-refractivity contribution in [3.63, 3.8) is 0 Å². The molecular formula is C14H18BrN5O. The number of halogens is 1. The number of hydrogen-bond acceptors (Lipinski definition) is 4. The number of benzene rings is 1. The van der Waals surface area contributed by atoms with Gasteiger partial charge in [0, 0.05) is 10.2 Å². The van der Waals surface area contributed by atoms with Gasteiger partial charge < -0.3 is 11.1 Å². The molecule has 6 nitrogen and oxygen atoms in total. The van der Waals surface area contributed by atoms with Crippen LogP contribution in [0, 0.1) is 0 Å². The third-order valence-electron chi connectivity index (χ3n) is 2.97. The molecule has 1 amide bonds. The van der Waals surface area contributed by atoms with Gasteiger partial charge in [-0.3, -0.25) is 4.79 Å². The monoisotopic (exact) mass is 351 g/mol. The van der Waals surface area contributed by atoms with Gasteiger partial charge in [-0.1, -0.05) is 34.5 Å². The quantitative estimate of drug-likeness (QED) is 0.836. The molecule has 0 aliphatic rings. The van der Waals surface area contributed by atoms with E-state index >= 15 is 0 Å². The van der Waals surface area contributed by atoms with Gasteiger partial charge in [-0.2, -0.15) is 0 Å². The molecule has 0 aliphatic carbocycles. The Balaban J connectivity index is 1.92. The van der Waals surface area contributed by atoms with Gasteiger partial charge in [-0.05, 0) is 30.7 Å². The van der Waals surface area contributed by atoms with Crippen molar-refractivity contribution in [1.82, 2.24) is 15.0 Å². The van der Waals surface area contributed by atoms with Gasteiger partial charge >= 0.3 is 0 Å². The summed E-state index contributed by atoms with van der Waals surface area (Å²) in [5.74, 6) is -0.155. The molecule has 1 atom stereocenters. The topological polar surface area (TPSA) is 85.8 Å². The van der Waals surface area contributed by atoms with Crippen molar-refractivity contribution >= 4 is 27.5 Å². The highest BCUT2D eigenvalue weighted by molar-refractivity contribution is 9.10. The lowest BCUT2D eigenvalue weighted by atomic mass is 10.1.